The van der Waals surface area contributed by atoms with E-state index in [1.165, 1.54) is 48.5 Å². The molecular weight excluding hydrogens is 1820 g/mol. The topological polar surface area (TPSA) is 911 Å². The third kappa shape index (κ3) is 49.2. The number of aliphatic carboxylic acids is 3. The van der Waals surface area contributed by atoms with E-state index in [1.54, 1.807) is 27.7 Å². The van der Waals surface area contributed by atoms with Crippen molar-refractivity contribution in [3.8, 4) is 0 Å². The van der Waals surface area contributed by atoms with Crippen molar-refractivity contribution in [2.45, 2.75) is 340 Å². The lowest BCUT2D eigenvalue weighted by molar-refractivity contribution is -0.142. The Labute approximate surface area is 797 Å². The third-order valence-corrected chi connectivity index (χ3v) is 20.8. The number of unbranched alkanes of at least 4 members (excludes halogenated alkanes) is 2. The zero-order valence-corrected chi connectivity index (χ0v) is 80.5. The molecule has 37 N–H and O–H groups in total. The van der Waals surface area contributed by atoms with Crippen molar-refractivity contribution >= 4 is 148 Å². The molecule has 780 valence electrons. The second kappa shape index (κ2) is 63.7. The van der Waals surface area contributed by atoms with E-state index >= 15 is 0 Å². The fourth-order valence-electron chi connectivity index (χ4n) is 12.4. The van der Waals surface area contributed by atoms with E-state index in [1.807, 2.05) is 0 Å². The Bertz CT molecular complexity index is 4240. The van der Waals surface area contributed by atoms with Crippen LogP contribution in [0.25, 0.3) is 0 Å². The molecule has 21 amide bonds. The number of hydrogen-bond acceptors (Lipinski definition) is 29. The quantitative estimate of drug-likeness (QED) is 0.0153. The smallest absolute Gasteiger partial charge is 0.325 e. The molecule has 0 aliphatic carbocycles. The van der Waals surface area contributed by atoms with Crippen LogP contribution >= 0.6 is 0 Å². The molecule has 0 aliphatic rings. The maximum absolute atomic E-state index is 14.2. The van der Waals surface area contributed by atoms with Crippen molar-refractivity contribution in [2.24, 2.45) is 46.2 Å². The summed E-state index contributed by atoms with van der Waals surface area (Å²) < 4.78 is 0. The van der Waals surface area contributed by atoms with Gasteiger partial charge in [-0.3, -0.25) is 120 Å². The number of carbonyl (C=O) groups is 24. The van der Waals surface area contributed by atoms with Crippen LogP contribution in [0.2, 0.25) is 0 Å². The number of nitrogens with one attached hydrogen (secondary N) is 21. The van der Waals surface area contributed by atoms with Crippen LogP contribution in [0.15, 0.2) is 0 Å². The lowest BCUT2D eigenvalue weighted by Gasteiger charge is -2.29. The van der Waals surface area contributed by atoms with Gasteiger partial charge in [-0.05, 0) is 178 Å². The van der Waals surface area contributed by atoms with Gasteiger partial charge in [-0.2, -0.15) is 0 Å². The van der Waals surface area contributed by atoms with Crippen LogP contribution in [0.5, 0.6) is 0 Å². The summed E-state index contributed by atoms with van der Waals surface area (Å²) in [5.41, 5.74) is 33.4. The van der Waals surface area contributed by atoms with Gasteiger partial charge in [0.25, 0.3) is 0 Å². The SMILES string of the molecule is CC(C)C[C@H](NC(=O)[C@@H](NC(=O)[C@H](C)NC(=O)[C@@H](N)CCCCN)[C@@H](C)O)C(=O)N[C@H](C(=O)N[C@@H](C)C(=O)N[C@@H](CCC(N)=O)C(=O)N[C@@H](CCCCN)C(=O)N[C@@H](C)C(=O)N[C@@H](C)C(=O)N[C@@H](C)C(=O)N[C@@H](CCC(=O)O)C(=O)N[C@@H](CCC(=O)O)C(=O)N[C@@H](C)C(=O)N[C@@H](C)C(=O)N[C@@H](CCCNC(=N)N)C(=O)N[C@@H](CCC(N)=O)C(=O)N[C@@H](C)C(=O)N[C@@H](C)C(=O)N[C@@H](C)C(=O)O)C(C)C. The Morgan fingerprint density at radius 2 is 0.507 bits per heavy atom. The second-order valence-electron chi connectivity index (χ2n) is 34.2. The predicted molar refractivity (Wildman–Crippen MR) is 491 cm³/mol. The summed E-state index contributed by atoms with van der Waals surface area (Å²) in [4.78, 5) is 318. The Hall–Kier alpha value is -13.6. The molecule has 0 saturated carbocycles. The molecule has 0 bridgehead atoms. The first kappa shape index (κ1) is 124. The fourth-order valence-corrected chi connectivity index (χ4v) is 12.4. The molecule has 0 rings (SSSR count). The molecule has 0 unspecified atom stereocenters. The van der Waals surface area contributed by atoms with Crippen molar-refractivity contribution in [3.05, 3.63) is 0 Å². The van der Waals surface area contributed by atoms with Gasteiger partial charge in [0.2, 0.25) is 124 Å². The highest BCUT2D eigenvalue weighted by molar-refractivity contribution is 6.02. The number of aliphatic hydroxyl groups is 1. The van der Waals surface area contributed by atoms with Gasteiger partial charge in [-0.15, -0.1) is 0 Å². The lowest BCUT2D eigenvalue weighted by atomic mass is 9.99. The van der Waals surface area contributed by atoms with Gasteiger partial charge in [0.05, 0.1) is 12.1 Å². The summed E-state index contributed by atoms with van der Waals surface area (Å²) in [5, 5.41) is 93.9. The average Bonchev–Trinajstić information content (AvgIpc) is 0.844. The van der Waals surface area contributed by atoms with Crippen LogP contribution in [0.4, 0.5) is 0 Å². The molecule has 21 atom stereocenters. The summed E-state index contributed by atoms with van der Waals surface area (Å²) in [6.07, 6.45) is -5.06. The molecular formula is C83H145N27O28. The maximum Gasteiger partial charge on any atom is 0.325 e. The third-order valence-electron chi connectivity index (χ3n) is 20.8. The standard InChI is InChI=1S/C83H145N27O28/c1-36(2)35-56(108-81(136)62(48(15)111)110-71(126)46(13)96-72(127)49(86)21-16-18-32-84)79(134)109-61(37(3)4)80(135)100-45(12)70(125)103-53(25-29-58(88)113)77(132)105-50(22-17-19-33-85)73(128)97-40(7)64(119)92-38(5)63(118)94-44(11)69(124)104-55(27-31-60(116)117)78(133)107-54(26-30-59(114)115)75(130)99-42(9)66(121)95-43(10)68(123)102-51(23-20-34-91-83(89)90)76(131)106-52(24-28-57(87)112)74(129)98-41(8)65(120)93-39(6)67(122)101-47(14)82(137)138/h36-56,61-62,111H,16-35,84-86H2,1-15H3,(H2,87,112)(H2,88,113)(H,92,119)(H,93,120)(H,94,118)(H,95,121)(H,96,127)(H,97,128)(H,98,129)(H,99,130)(H,100,135)(H,101,122)(H,102,123)(H,103,125)(H,104,124)(H,105,132)(H,106,131)(H,107,133)(H,108,136)(H,109,134)(H,110,126)(H,114,115)(H,116,117)(H,137,138)(H4,89,90,91)/t38-,39-,40-,41-,42-,43-,44-,45-,46-,47-,48+,49-,50-,51-,52-,53-,54-,55-,56-,61-,62-/m0/s1. The number of hydrogen-bond donors (Lipinski definition) is 31. The Balaban J connectivity index is 6.52. The van der Waals surface area contributed by atoms with E-state index in [2.05, 4.69) is 106 Å². The Kier molecular flexibility index (Phi) is 57.4. The minimum Gasteiger partial charge on any atom is -0.481 e. The highest BCUT2D eigenvalue weighted by Gasteiger charge is 2.40. The van der Waals surface area contributed by atoms with Gasteiger partial charge in [0.15, 0.2) is 5.96 Å². The summed E-state index contributed by atoms with van der Waals surface area (Å²) in [6, 6.07) is -30.2. The molecule has 138 heavy (non-hydrogen) atoms. The van der Waals surface area contributed by atoms with E-state index in [-0.39, 0.29) is 57.5 Å². The van der Waals surface area contributed by atoms with E-state index in [0.29, 0.717) is 25.8 Å². The lowest BCUT2D eigenvalue weighted by Crippen LogP contribution is -2.62. The molecule has 0 aromatic rings. The molecule has 55 heteroatoms. The molecule has 0 aromatic heterocycles. The van der Waals surface area contributed by atoms with Gasteiger partial charge >= 0.3 is 17.9 Å². The first-order valence-corrected chi connectivity index (χ1v) is 45.1. The highest BCUT2D eigenvalue weighted by Crippen LogP contribution is 2.14. The maximum atomic E-state index is 14.2. The van der Waals surface area contributed by atoms with Crippen molar-refractivity contribution in [1.29, 1.82) is 5.41 Å². The monoisotopic (exact) mass is 1970 g/mol. The van der Waals surface area contributed by atoms with Crippen LogP contribution in [0.3, 0.4) is 0 Å². The van der Waals surface area contributed by atoms with Crippen LogP contribution in [-0.4, -0.2) is 315 Å². The number of carboxylic acids is 3. The number of primary amides is 2. The number of rotatable bonds is 67. The van der Waals surface area contributed by atoms with Crippen LogP contribution in [0, 0.1) is 17.2 Å². The van der Waals surface area contributed by atoms with E-state index in [9.17, 15) is 130 Å². The van der Waals surface area contributed by atoms with Crippen molar-refractivity contribution in [3.63, 3.8) is 0 Å². The normalized spacial score (nSPS) is 15.6. The summed E-state index contributed by atoms with van der Waals surface area (Å²) >= 11 is 0. The molecule has 0 saturated heterocycles. The minimum absolute atomic E-state index is 0.00357. The highest BCUT2D eigenvalue weighted by atomic mass is 16.4. The summed E-state index contributed by atoms with van der Waals surface area (Å²) in [5.74, 6) is -27.0. The van der Waals surface area contributed by atoms with Crippen LogP contribution < -0.4 is 141 Å². The van der Waals surface area contributed by atoms with Gasteiger partial charge in [-0.1, -0.05) is 34.1 Å². The van der Waals surface area contributed by atoms with E-state index in [4.69, 9.17) is 44.9 Å². The van der Waals surface area contributed by atoms with Gasteiger partial charge in [0.1, 0.15) is 115 Å². The van der Waals surface area contributed by atoms with Gasteiger partial charge in [-0.25, -0.2) is 0 Å². The second-order valence-corrected chi connectivity index (χ2v) is 34.2. The molecule has 0 spiro atoms. The van der Waals surface area contributed by atoms with E-state index < -0.39 is 332 Å². The molecule has 0 aromatic carbocycles. The summed E-state index contributed by atoms with van der Waals surface area (Å²) in [7, 11) is 0. The first-order valence-electron chi connectivity index (χ1n) is 45.1. The van der Waals surface area contributed by atoms with E-state index in [0.717, 1.165) is 27.7 Å². The zero-order chi connectivity index (χ0) is 106. The Morgan fingerprint density at radius 3 is 0.804 bits per heavy atom. The first-order chi connectivity index (χ1) is 64.2. The van der Waals surface area contributed by atoms with Crippen molar-refractivity contribution in [2.75, 3.05) is 19.6 Å². The molecule has 0 heterocycles. The number of guanidine groups is 1. The number of amides is 21. The Morgan fingerprint density at radius 1 is 0.268 bits per heavy atom. The number of carboxylic acid groups (broad SMARTS) is 3. The number of carbonyl (C=O) groups excluding carboxylic acids is 21. The minimum atomic E-state index is -1.87. The molecule has 0 fully saturated rings. The predicted octanol–water partition coefficient (Wildman–Crippen LogP) is -11.3. The summed E-state index contributed by atoms with van der Waals surface area (Å²) in [6.45, 7) is 20.0. The zero-order valence-electron chi connectivity index (χ0n) is 80.5. The molecule has 0 radical (unpaired) electrons. The van der Waals surface area contributed by atoms with Crippen molar-refractivity contribution in [1.82, 2.24) is 106 Å². The average molecular weight is 1970 g/mol. The number of aliphatic hydroxyl groups excluding tert-OH is 1. The van der Waals surface area contributed by atoms with Crippen LogP contribution in [-0.2, 0) is 115 Å². The van der Waals surface area contributed by atoms with Gasteiger partial charge in [0, 0.05) is 32.2 Å². The largest absolute Gasteiger partial charge is 0.481 e. The fraction of sp³-hybridized carbons (Fsp3) is 0.699. The van der Waals surface area contributed by atoms with Crippen LogP contribution in [0.1, 0.15) is 213 Å². The van der Waals surface area contributed by atoms with Gasteiger partial charge < -0.3 is 161 Å². The van der Waals surface area contributed by atoms with Crippen molar-refractivity contribution < 1.29 is 135 Å². The molecule has 0 aliphatic heterocycles. The number of nitrogens with two attached hydrogens (primary N) is 6. The molecule has 55 nitrogen and oxygen atoms in total.